The van der Waals surface area contributed by atoms with Crippen LogP contribution in [0, 0.1) is 0 Å². The van der Waals surface area contributed by atoms with E-state index in [1.54, 1.807) is 0 Å². The maximum atomic E-state index is 5.83. The summed E-state index contributed by atoms with van der Waals surface area (Å²) < 4.78 is 0. The molecule has 0 saturated heterocycles. The van der Waals surface area contributed by atoms with E-state index < -0.39 is 0 Å². The van der Waals surface area contributed by atoms with Gasteiger partial charge in [-0.05, 0) is 35.9 Å². The summed E-state index contributed by atoms with van der Waals surface area (Å²) in [5.41, 5.74) is 6.84. The summed E-state index contributed by atoms with van der Waals surface area (Å²) in [6.07, 6.45) is 5.69. The van der Waals surface area contributed by atoms with Crippen LogP contribution >= 0.6 is 0 Å². The molecular formula is C15H16N2. The van der Waals surface area contributed by atoms with Gasteiger partial charge < -0.3 is 11.1 Å². The fourth-order valence-corrected chi connectivity index (χ4v) is 1.68. The van der Waals surface area contributed by atoms with Crippen LogP contribution < -0.4 is 11.1 Å². The van der Waals surface area contributed by atoms with Gasteiger partial charge >= 0.3 is 0 Å². The summed E-state index contributed by atoms with van der Waals surface area (Å²) in [6.45, 7) is 1.96. The second-order valence-electron chi connectivity index (χ2n) is 3.83. The number of benzene rings is 2. The van der Waals surface area contributed by atoms with Gasteiger partial charge in [0.1, 0.15) is 5.82 Å². The molecule has 0 atom stereocenters. The van der Waals surface area contributed by atoms with Crippen LogP contribution in [-0.2, 0) is 0 Å². The van der Waals surface area contributed by atoms with E-state index in [0.717, 1.165) is 5.69 Å². The molecule has 86 valence electrons. The molecule has 0 radical (unpaired) electrons. The maximum absolute atomic E-state index is 5.83. The van der Waals surface area contributed by atoms with Crippen LogP contribution in [0.3, 0.4) is 0 Å². The summed E-state index contributed by atoms with van der Waals surface area (Å²) in [5, 5.41) is 5.59. The smallest absolute Gasteiger partial charge is 0.100 e. The van der Waals surface area contributed by atoms with Crippen molar-refractivity contribution in [2.24, 2.45) is 5.73 Å². The largest absolute Gasteiger partial charge is 0.385 e. The Hall–Kier alpha value is -2.22. The van der Waals surface area contributed by atoms with Gasteiger partial charge in [0.2, 0.25) is 0 Å². The zero-order chi connectivity index (χ0) is 12.1. The Kier molecular flexibility index (Phi) is 3.46. The van der Waals surface area contributed by atoms with E-state index in [4.69, 9.17) is 5.73 Å². The van der Waals surface area contributed by atoms with Crippen LogP contribution in [-0.4, -0.2) is 0 Å². The Bertz CT molecular complexity index is 568. The summed E-state index contributed by atoms with van der Waals surface area (Å²) in [7, 11) is 0. The third-order valence-electron chi connectivity index (χ3n) is 2.51. The van der Waals surface area contributed by atoms with Crippen LogP contribution in [0.1, 0.15) is 6.92 Å². The van der Waals surface area contributed by atoms with E-state index in [-0.39, 0.29) is 0 Å². The molecule has 0 saturated carbocycles. The lowest BCUT2D eigenvalue weighted by molar-refractivity contribution is 1.31. The lowest BCUT2D eigenvalue weighted by atomic mass is 10.1. The fourth-order valence-electron chi connectivity index (χ4n) is 1.68. The average Bonchev–Trinajstić information content (AvgIpc) is 2.36. The highest BCUT2D eigenvalue weighted by atomic mass is 15.0. The van der Waals surface area contributed by atoms with E-state index in [2.05, 4.69) is 29.6 Å². The van der Waals surface area contributed by atoms with Crippen LogP contribution in [0.4, 0.5) is 5.69 Å². The number of anilines is 1. The molecule has 0 aromatic heterocycles. The van der Waals surface area contributed by atoms with E-state index in [9.17, 15) is 0 Å². The Morgan fingerprint density at radius 3 is 2.65 bits per heavy atom. The molecule has 2 aromatic rings. The van der Waals surface area contributed by atoms with Crippen molar-refractivity contribution in [3.05, 3.63) is 66.5 Å². The maximum Gasteiger partial charge on any atom is 0.100 e. The van der Waals surface area contributed by atoms with Crippen molar-refractivity contribution >= 4 is 16.5 Å². The van der Waals surface area contributed by atoms with Gasteiger partial charge in [-0.2, -0.15) is 0 Å². The Morgan fingerprint density at radius 2 is 1.88 bits per heavy atom. The molecule has 0 aliphatic heterocycles. The van der Waals surface area contributed by atoms with Gasteiger partial charge in [0.05, 0.1) is 0 Å². The highest BCUT2D eigenvalue weighted by Gasteiger charge is 1.95. The van der Waals surface area contributed by atoms with Crippen LogP contribution in [0.25, 0.3) is 10.8 Å². The molecule has 0 aliphatic rings. The highest BCUT2D eigenvalue weighted by Crippen LogP contribution is 2.19. The SMILES string of the molecule is C/C=C\C=C(/N)Nc1ccc2ccccc2c1. The minimum absolute atomic E-state index is 0.637. The first kappa shape index (κ1) is 11.3. The number of rotatable bonds is 3. The first-order chi connectivity index (χ1) is 8.29. The first-order valence-corrected chi connectivity index (χ1v) is 5.64. The second-order valence-corrected chi connectivity index (χ2v) is 3.83. The normalized spacial score (nSPS) is 12.2. The second kappa shape index (κ2) is 5.21. The van der Waals surface area contributed by atoms with Gasteiger partial charge in [-0.25, -0.2) is 0 Å². The summed E-state index contributed by atoms with van der Waals surface area (Å²) in [4.78, 5) is 0. The quantitative estimate of drug-likeness (QED) is 0.781. The predicted octanol–water partition coefficient (Wildman–Crippen LogP) is 3.63. The molecule has 0 spiro atoms. The summed E-state index contributed by atoms with van der Waals surface area (Å²) >= 11 is 0. The molecule has 2 heteroatoms. The number of nitrogens with one attached hydrogen (secondary N) is 1. The molecule has 0 heterocycles. The van der Waals surface area contributed by atoms with Crippen molar-refractivity contribution in [2.75, 3.05) is 5.32 Å². The molecule has 0 fully saturated rings. The molecule has 0 unspecified atom stereocenters. The number of nitrogens with two attached hydrogens (primary N) is 1. The van der Waals surface area contributed by atoms with Gasteiger partial charge in [-0.3, -0.25) is 0 Å². The van der Waals surface area contributed by atoms with Gasteiger partial charge in [0.25, 0.3) is 0 Å². The highest BCUT2D eigenvalue weighted by molar-refractivity contribution is 5.85. The van der Waals surface area contributed by atoms with Crippen molar-refractivity contribution < 1.29 is 0 Å². The molecule has 2 aromatic carbocycles. The Morgan fingerprint density at radius 1 is 1.12 bits per heavy atom. The van der Waals surface area contributed by atoms with E-state index in [1.807, 2.05) is 43.4 Å². The first-order valence-electron chi connectivity index (χ1n) is 5.64. The Balaban J connectivity index is 2.25. The van der Waals surface area contributed by atoms with Crippen LogP contribution in [0.2, 0.25) is 0 Å². The number of fused-ring (bicyclic) bond motifs is 1. The number of hydrogen-bond donors (Lipinski definition) is 2. The van der Waals surface area contributed by atoms with Crippen molar-refractivity contribution in [1.82, 2.24) is 0 Å². The molecule has 3 N–H and O–H groups in total. The lowest BCUT2D eigenvalue weighted by Gasteiger charge is -2.07. The summed E-state index contributed by atoms with van der Waals surface area (Å²) in [6, 6.07) is 14.5. The third kappa shape index (κ3) is 2.88. The monoisotopic (exact) mass is 224 g/mol. The molecule has 2 nitrogen and oxygen atoms in total. The van der Waals surface area contributed by atoms with Crippen molar-refractivity contribution in [3.8, 4) is 0 Å². The standard InChI is InChI=1S/C15H16N2/c1-2-3-8-15(16)17-14-10-9-12-6-4-5-7-13(12)11-14/h2-11,17H,16H2,1H3/b3-2-,15-8+. The van der Waals surface area contributed by atoms with Crippen LogP contribution in [0.5, 0.6) is 0 Å². The molecule has 0 bridgehead atoms. The Labute approximate surface area is 101 Å². The lowest BCUT2D eigenvalue weighted by Crippen LogP contribution is -2.08. The minimum Gasteiger partial charge on any atom is -0.385 e. The molecular weight excluding hydrogens is 208 g/mol. The topological polar surface area (TPSA) is 38.0 Å². The van der Waals surface area contributed by atoms with Crippen molar-refractivity contribution in [2.45, 2.75) is 6.92 Å². The van der Waals surface area contributed by atoms with Gasteiger partial charge in [-0.15, -0.1) is 0 Å². The number of hydrogen-bond acceptors (Lipinski definition) is 2. The number of allylic oxidation sites excluding steroid dienone is 3. The van der Waals surface area contributed by atoms with Gasteiger partial charge in [-0.1, -0.05) is 42.5 Å². The molecule has 0 aliphatic carbocycles. The minimum atomic E-state index is 0.637. The van der Waals surface area contributed by atoms with Gasteiger partial charge in [0.15, 0.2) is 0 Å². The van der Waals surface area contributed by atoms with E-state index >= 15 is 0 Å². The van der Waals surface area contributed by atoms with E-state index in [1.165, 1.54) is 10.8 Å². The predicted molar refractivity (Wildman–Crippen MR) is 74.7 cm³/mol. The van der Waals surface area contributed by atoms with E-state index in [0.29, 0.717) is 5.82 Å². The zero-order valence-electron chi connectivity index (χ0n) is 9.85. The van der Waals surface area contributed by atoms with Crippen molar-refractivity contribution in [1.29, 1.82) is 0 Å². The van der Waals surface area contributed by atoms with Gasteiger partial charge in [0, 0.05) is 5.69 Å². The van der Waals surface area contributed by atoms with Crippen LogP contribution in [0.15, 0.2) is 66.5 Å². The zero-order valence-corrected chi connectivity index (χ0v) is 9.85. The summed E-state index contributed by atoms with van der Waals surface area (Å²) in [5.74, 6) is 0.637. The molecule has 17 heavy (non-hydrogen) atoms. The van der Waals surface area contributed by atoms with Crippen molar-refractivity contribution in [3.63, 3.8) is 0 Å². The fraction of sp³-hybridized carbons (Fsp3) is 0.0667. The average molecular weight is 224 g/mol. The molecule has 2 rings (SSSR count). The third-order valence-corrected chi connectivity index (χ3v) is 2.51. The molecule has 0 amide bonds.